The number of carbonyl (C=O) groups excluding carboxylic acids is 1. The van der Waals surface area contributed by atoms with Gasteiger partial charge >= 0.3 is 0 Å². The largest absolute Gasteiger partial charge is 0.345 e. The standard InChI is InChI=1S/C23H24F2N2O/c1-15(2)13-23(3,14-16-7-5-4-6-8-16)27-22(28)19-12-10-17-9-11-18(24)20(25)21(17)26-19/h4-12,15H,13-14H2,1-3H3,(H,27,28)/t23-/m1/s1. The number of amides is 1. The van der Waals surface area contributed by atoms with Crippen molar-refractivity contribution in [3.8, 4) is 0 Å². The van der Waals surface area contributed by atoms with Crippen molar-refractivity contribution in [1.29, 1.82) is 0 Å². The Morgan fingerprint density at radius 3 is 2.43 bits per heavy atom. The molecule has 3 nitrogen and oxygen atoms in total. The Hall–Kier alpha value is -2.82. The van der Waals surface area contributed by atoms with E-state index in [-0.39, 0.29) is 11.2 Å². The maximum Gasteiger partial charge on any atom is 0.270 e. The lowest BCUT2D eigenvalue weighted by atomic mass is 9.84. The lowest BCUT2D eigenvalue weighted by molar-refractivity contribution is 0.0889. The number of carbonyl (C=O) groups is 1. The number of nitrogens with zero attached hydrogens (tertiary/aromatic N) is 1. The van der Waals surface area contributed by atoms with Crippen molar-refractivity contribution < 1.29 is 13.6 Å². The number of rotatable bonds is 6. The minimum atomic E-state index is -1.04. The van der Waals surface area contributed by atoms with E-state index in [1.807, 2.05) is 37.3 Å². The smallest absolute Gasteiger partial charge is 0.270 e. The van der Waals surface area contributed by atoms with Crippen molar-refractivity contribution in [2.24, 2.45) is 5.92 Å². The molecule has 146 valence electrons. The number of hydrogen-bond donors (Lipinski definition) is 1. The van der Waals surface area contributed by atoms with Crippen LogP contribution in [0.1, 0.15) is 43.2 Å². The first-order valence-corrected chi connectivity index (χ1v) is 9.38. The van der Waals surface area contributed by atoms with Gasteiger partial charge in [0.05, 0.1) is 0 Å². The Morgan fingerprint density at radius 2 is 1.75 bits per heavy atom. The van der Waals surface area contributed by atoms with Crippen molar-refractivity contribution in [3.63, 3.8) is 0 Å². The molecule has 0 radical (unpaired) electrons. The van der Waals surface area contributed by atoms with E-state index in [0.29, 0.717) is 17.7 Å². The topological polar surface area (TPSA) is 42.0 Å². The Balaban J connectivity index is 1.89. The van der Waals surface area contributed by atoms with Gasteiger partial charge in [-0.15, -0.1) is 0 Å². The molecule has 5 heteroatoms. The maximum atomic E-state index is 14.1. The van der Waals surface area contributed by atoms with Crippen LogP contribution in [0.4, 0.5) is 8.78 Å². The summed E-state index contributed by atoms with van der Waals surface area (Å²) >= 11 is 0. The van der Waals surface area contributed by atoms with Crippen molar-refractivity contribution >= 4 is 16.8 Å². The fourth-order valence-electron chi connectivity index (χ4n) is 3.71. The van der Waals surface area contributed by atoms with Gasteiger partial charge in [-0.3, -0.25) is 4.79 Å². The summed E-state index contributed by atoms with van der Waals surface area (Å²) in [7, 11) is 0. The normalized spacial score (nSPS) is 13.5. The predicted octanol–water partition coefficient (Wildman–Crippen LogP) is 5.29. The van der Waals surface area contributed by atoms with Crippen LogP contribution in [0.25, 0.3) is 10.9 Å². The van der Waals surface area contributed by atoms with Gasteiger partial charge in [-0.05, 0) is 49.4 Å². The number of pyridine rings is 1. The van der Waals surface area contributed by atoms with E-state index in [4.69, 9.17) is 0 Å². The van der Waals surface area contributed by atoms with E-state index in [1.165, 1.54) is 12.1 Å². The molecule has 0 fully saturated rings. The summed E-state index contributed by atoms with van der Waals surface area (Å²) in [6.07, 6.45) is 1.43. The number of fused-ring (bicyclic) bond motifs is 1. The van der Waals surface area contributed by atoms with E-state index in [9.17, 15) is 13.6 Å². The average Bonchev–Trinajstić information content (AvgIpc) is 2.64. The molecule has 3 rings (SSSR count). The molecule has 0 saturated heterocycles. The number of hydrogen-bond acceptors (Lipinski definition) is 2. The molecule has 1 heterocycles. The quantitative estimate of drug-likeness (QED) is 0.629. The van der Waals surface area contributed by atoms with Gasteiger partial charge < -0.3 is 5.32 Å². The zero-order valence-corrected chi connectivity index (χ0v) is 16.3. The lowest BCUT2D eigenvalue weighted by Gasteiger charge is -2.33. The molecule has 3 aromatic rings. The molecule has 0 aliphatic rings. The van der Waals surface area contributed by atoms with E-state index in [2.05, 4.69) is 24.1 Å². The Bertz CT molecular complexity index is 989. The third-order valence-corrected chi connectivity index (χ3v) is 4.70. The predicted molar refractivity (Wildman–Crippen MR) is 107 cm³/mol. The van der Waals surface area contributed by atoms with Crippen LogP contribution < -0.4 is 5.32 Å². The molecule has 0 unspecified atom stereocenters. The van der Waals surface area contributed by atoms with Gasteiger partial charge in [0.1, 0.15) is 11.2 Å². The van der Waals surface area contributed by atoms with Gasteiger partial charge in [0.2, 0.25) is 0 Å². The van der Waals surface area contributed by atoms with Crippen LogP contribution >= 0.6 is 0 Å². The maximum absolute atomic E-state index is 14.1. The highest BCUT2D eigenvalue weighted by atomic mass is 19.2. The zero-order chi connectivity index (χ0) is 20.3. The number of benzene rings is 2. The van der Waals surface area contributed by atoms with Crippen LogP contribution in [-0.2, 0) is 6.42 Å². The highest BCUT2D eigenvalue weighted by Crippen LogP contribution is 2.23. The highest BCUT2D eigenvalue weighted by Gasteiger charge is 2.29. The van der Waals surface area contributed by atoms with Gasteiger partial charge in [0, 0.05) is 10.9 Å². The molecule has 28 heavy (non-hydrogen) atoms. The summed E-state index contributed by atoms with van der Waals surface area (Å²) < 4.78 is 27.6. The minimum Gasteiger partial charge on any atom is -0.345 e. The third kappa shape index (κ3) is 4.53. The van der Waals surface area contributed by atoms with E-state index in [0.717, 1.165) is 18.1 Å². The van der Waals surface area contributed by atoms with Gasteiger partial charge in [-0.2, -0.15) is 0 Å². The molecule has 2 aromatic carbocycles. The summed E-state index contributed by atoms with van der Waals surface area (Å²) in [4.78, 5) is 17.0. The fraction of sp³-hybridized carbons (Fsp3) is 0.304. The first-order valence-electron chi connectivity index (χ1n) is 9.38. The first kappa shape index (κ1) is 19.9. The molecule has 1 aromatic heterocycles. The molecule has 0 aliphatic carbocycles. The molecule has 1 amide bonds. The van der Waals surface area contributed by atoms with Crippen molar-refractivity contribution in [2.45, 2.75) is 39.2 Å². The van der Waals surface area contributed by atoms with Crippen LogP contribution in [0.3, 0.4) is 0 Å². The number of aromatic nitrogens is 1. The zero-order valence-electron chi connectivity index (χ0n) is 16.3. The van der Waals surface area contributed by atoms with Crippen LogP contribution in [0.2, 0.25) is 0 Å². The van der Waals surface area contributed by atoms with Gasteiger partial charge in [0.25, 0.3) is 5.91 Å². The van der Waals surface area contributed by atoms with Crippen LogP contribution in [0.5, 0.6) is 0 Å². The second-order valence-electron chi connectivity index (χ2n) is 7.90. The van der Waals surface area contributed by atoms with E-state index < -0.39 is 23.1 Å². The van der Waals surface area contributed by atoms with Crippen LogP contribution in [0, 0.1) is 17.6 Å². The lowest BCUT2D eigenvalue weighted by Crippen LogP contribution is -2.48. The first-order chi connectivity index (χ1) is 13.3. The monoisotopic (exact) mass is 382 g/mol. The molecule has 0 spiro atoms. The summed E-state index contributed by atoms with van der Waals surface area (Å²) in [6, 6.07) is 15.6. The Kier molecular flexibility index (Phi) is 5.73. The fourth-order valence-corrected chi connectivity index (χ4v) is 3.71. The SMILES string of the molecule is CC(C)C[C@](C)(Cc1ccccc1)NC(=O)c1ccc2ccc(F)c(F)c2n1. The molecular weight excluding hydrogens is 358 g/mol. The Labute approximate surface area is 163 Å². The van der Waals surface area contributed by atoms with Crippen molar-refractivity contribution in [3.05, 3.63) is 77.5 Å². The second-order valence-corrected chi connectivity index (χ2v) is 7.90. The molecular formula is C23H24F2N2O. The molecule has 0 bridgehead atoms. The van der Waals surface area contributed by atoms with E-state index >= 15 is 0 Å². The Morgan fingerprint density at radius 1 is 1.07 bits per heavy atom. The van der Waals surface area contributed by atoms with Gasteiger partial charge in [0.15, 0.2) is 11.6 Å². The summed E-state index contributed by atoms with van der Waals surface area (Å²) in [5.41, 5.74) is 0.552. The van der Waals surface area contributed by atoms with Crippen molar-refractivity contribution in [1.82, 2.24) is 10.3 Å². The molecule has 1 N–H and O–H groups in total. The summed E-state index contributed by atoms with van der Waals surface area (Å²) in [5.74, 6) is -2.05. The second kappa shape index (κ2) is 8.05. The van der Waals surface area contributed by atoms with E-state index in [1.54, 1.807) is 6.07 Å². The van der Waals surface area contributed by atoms with Gasteiger partial charge in [-0.1, -0.05) is 50.2 Å². The molecule has 0 saturated carbocycles. The summed E-state index contributed by atoms with van der Waals surface area (Å²) in [6.45, 7) is 6.20. The van der Waals surface area contributed by atoms with Crippen LogP contribution in [0.15, 0.2) is 54.6 Å². The van der Waals surface area contributed by atoms with Crippen molar-refractivity contribution in [2.75, 3.05) is 0 Å². The average molecular weight is 382 g/mol. The minimum absolute atomic E-state index is 0.0695. The highest BCUT2D eigenvalue weighted by molar-refractivity contribution is 5.95. The van der Waals surface area contributed by atoms with Gasteiger partial charge in [-0.25, -0.2) is 13.8 Å². The van der Waals surface area contributed by atoms with Crippen LogP contribution in [-0.4, -0.2) is 16.4 Å². The molecule has 1 atom stereocenters. The number of halogens is 2. The molecule has 0 aliphatic heterocycles. The summed E-state index contributed by atoms with van der Waals surface area (Å²) in [5, 5.41) is 3.52. The number of nitrogens with one attached hydrogen (secondary N) is 1. The third-order valence-electron chi connectivity index (χ3n) is 4.70.